The molecule has 0 saturated carbocycles. The first kappa shape index (κ1) is 14.5. The summed E-state index contributed by atoms with van der Waals surface area (Å²) < 4.78 is 0. The average molecular weight is 297 g/mol. The van der Waals surface area contributed by atoms with E-state index in [1.54, 1.807) is 6.20 Å². The Hall–Kier alpha value is -2.40. The second-order valence-electron chi connectivity index (χ2n) is 5.73. The van der Waals surface area contributed by atoms with Crippen LogP contribution in [0, 0.1) is 0 Å². The number of hydrogen-bond donors (Lipinski definition) is 2. The molecule has 3 rings (SSSR count). The van der Waals surface area contributed by atoms with Gasteiger partial charge in [0.1, 0.15) is 5.82 Å². The summed E-state index contributed by atoms with van der Waals surface area (Å²) in [4.78, 5) is 17.9. The molecule has 0 fully saturated rings. The molecule has 0 radical (unpaired) electrons. The van der Waals surface area contributed by atoms with Gasteiger partial charge < -0.3 is 15.7 Å². The first-order chi connectivity index (χ1) is 10.6. The SMILES string of the molecule is CN(Cc1ccc2c(c1)[C@@H](C(N)=O)[C@H](O)C2)c1ccccn1. The van der Waals surface area contributed by atoms with E-state index in [4.69, 9.17) is 5.73 Å². The van der Waals surface area contributed by atoms with Crippen molar-refractivity contribution in [3.05, 3.63) is 59.3 Å². The molecule has 3 N–H and O–H groups in total. The Morgan fingerprint density at radius 1 is 1.41 bits per heavy atom. The number of primary amides is 1. The Morgan fingerprint density at radius 3 is 2.91 bits per heavy atom. The lowest BCUT2D eigenvalue weighted by molar-refractivity contribution is -0.121. The first-order valence-electron chi connectivity index (χ1n) is 7.27. The van der Waals surface area contributed by atoms with Crippen LogP contribution in [0.4, 0.5) is 5.82 Å². The number of fused-ring (bicyclic) bond motifs is 1. The average Bonchev–Trinajstić information content (AvgIpc) is 2.83. The standard InChI is InChI=1S/C17H19N3O2/c1-20(15-4-2-3-7-19-15)10-11-5-6-12-9-14(21)16(17(18)22)13(12)8-11/h2-8,14,16,21H,9-10H2,1H3,(H2,18,22)/t14-,16-/m1/s1. The predicted molar refractivity (Wildman–Crippen MR) is 84.4 cm³/mol. The summed E-state index contributed by atoms with van der Waals surface area (Å²) in [5, 5.41) is 10.0. The Labute approximate surface area is 129 Å². The van der Waals surface area contributed by atoms with Crippen molar-refractivity contribution in [2.75, 3.05) is 11.9 Å². The lowest BCUT2D eigenvalue weighted by Gasteiger charge is -2.19. The number of aliphatic hydroxyl groups is 1. The Kier molecular flexibility index (Phi) is 3.81. The molecule has 1 heterocycles. The van der Waals surface area contributed by atoms with Crippen molar-refractivity contribution in [1.29, 1.82) is 0 Å². The number of benzene rings is 1. The lowest BCUT2D eigenvalue weighted by Crippen LogP contribution is -2.28. The number of rotatable bonds is 4. The number of nitrogens with zero attached hydrogens (tertiary/aromatic N) is 2. The Bertz CT molecular complexity index is 688. The number of pyridine rings is 1. The molecular formula is C17H19N3O2. The van der Waals surface area contributed by atoms with Crippen molar-refractivity contribution in [3.8, 4) is 0 Å². The zero-order chi connectivity index (χ0) is 15.7. The van der Waals surface area contributed by atoms with Crippen molar-refractivity contribution in [2.45, 2.75) is 25.0 Å². The van der Waals surface area contributed by atoms with Crippen LogP contribution >= 0.6 is 0 Å². The first-order valence-corrected chi connectivity index (χ1v) is 7.27. The number of hydrogen-bond acceptors (Lipinski definition) is 4. The second-order valence-corrected chi connectivity index (χ2v) is 5.73. The molecule has 1 aromatic heterocycles. The summed E-state index contributed by atoms with van der Waals surface area (Å²) in [6.07, 6.45) is 1.53. The highest BCUT2D eigenvalue weighted by molar-refractivity contribution is 5.84. The van der Waals surface area contributed by atoms with Crippen LogP contribution in [0.1, 0.15) is 22.6 Å². The summed E-state index contributed by atoms with van der Waals surface area (Å²) in [6.45, 7) is 0.672. The topological polar surface area (TPSA) is 79.5 Å². The van der Waals surface area contributed by atoms with Crippen LogP contribution in [0.3, 0.4) is 0 Å². The maximum Gasteiger partial charge on any atom is 0.227 e. The summed E-state index contributed by atoms with van der Waals surface area (Å²) >= 11 is 0. The maximum absolute atomic E-state index is 11.6. The summed E-state index contributed by atoms with van der Waals surface area (Å²) in [5.41, 5.74) is 8.34. The van der Waals surface area contributed by atoms with Gasteiger partial charge in [0.05, 0.1) is 12.0 Å². The van der Waals surface area contributed by atoms with Crippen LogP contribution < -0.4 is 10.6 Å². The minimum atomic E-state index is -0.712. The predicted octanol–water partition coefficient (Wildman–Crippen LogP) is 1.20. The van der Waals surface area contributed by atoms with Crippen molar-refractivity contribution in [2.24, 2.45) is 5.73 Å². The fourth-order valence-corrected chi connectivity index (χ4v) is 3.05. The number of anilines is 1. The van der Waals surface area contributed by atoms with Gasteiger partial charge in [0.2, 0.25) is 5.91 Å². The highest BCUT2D eigenvalue weighted by Crippen LogP contribution is 2.34. The zero-order valence-corrected chi connectivity index (χ0v) is 12.4. The third kappa shape index (κ3) is 2.67. The number of carbonyl (C=O) groups is 1. The highest BCUT2D eigenvalue weighted by atomic mass is 16.3. The minimum absolute atomic E-state index is 0.471. The van der Waals surface area contributed by atoms with E-state index in [9.17, 15) is 9.90 Å². The molecule has 5 heteroatoms. The van der Waals surface area contributed by atoms with E-state index >= 15 is 0 Å². The highest BCUT2D eigenvalue weighted by Gasteiger charge is 2.35. The largest absolute Gasteiger partial charge is 0.392 e. The van der Waals surface area contributed by atoms with Crippen LogP contribution in [0.2, 0.25) is 0 Å². The quantitative estimate of drug-likeness (QED) is 0.889. The summed E-state index contributed by atoms with van der Waals surface area (Å²) in [7, 11) is 1.97. The van der Waals surface area contributed by atoms with Gasteiger partial charge >= 0.3 is 0 Å². The molecule has 0 aliphatic heterocycles. The minimum Gasteiger partial charge on any atom is -0.392 e. The molecule has 2 atom stereocenters. The van der Waals surface area contributed by atoms with E-state index in [1.807, 2.05) is 48.3 Å². The van der Waals surface area contributed by atoms with Crippen LogP contribution in [-0.2, 0) is 17.8 Å². The molecule has 0 saturated heterocycles. The molecule has 0 unspecified atom stereocenters. The molecule has 5 nitrogen and oxygen atoms in total. The fourth-order valence-electron chi connectivity index (χ4n) is 3.05. The van der Waals surface area contributed by atoms with Gasteiger partial charge in [0.25, 0.3) is 0 Å². The van der Waals surface area contributed by atoms with Gasteiger partial charge in [-0.15, -0.1) is 0 Å². The van der Waals surface area contributed by atoms with E-state index in [0.29, 0.717) is 13.0 Å². The van der Waals surface area contributed by atoms with E-state index in [0.717, 1.165) is 22.5 Å². The zero-order valence-electron chi connectivity index (χ0n) is 12.4. The normalized spacial score (nSPS) is 19.7. The second kappa shape index (κ2) is 5.77. The third-order valence-corrected chi connectivity index (χ3v) is 4.13. The molecule has 1 amide bonds. The van der Waals surface area contributed by atoms with Gasteiger partial charge in [-0.3, -0.25) is 4.79 Å². The number of amides is 1. The summed E-state index contributed by atoms with van der Waals surface area (Å²) in [5.74, 6) is -0.189. The fraction of sp³-hybridized carbons (Fsp3) is 0.294. The van der Waals surface area contributed by atoms with Crippen molar-refractivity contribution in [3.63, 3.8) is 0 Å². The third-order valence-electron chi connectivity index (χ3n) is 4.13. The van der Waals surface area contributed by atoms with Gasteiger partial charge in [0, 0.05) is 19.8 Å². The monoisotopic (exact) mass is 297 g/mol. The molecular weight excluding hydrogens is 278 g/mol. The van der Waals surface area contributed by atoms with E-state index in [-0.39, 0.29) is 0 Å². The number of carbonyl (C=O) groups excluding carboxylic acids is 1. The molecule has 0 spiro atoms. The maximum atomic E-state index is 11.6. The van der Waals surface area contributed by atoms with Crippen LogP contribution in [0.25, 0.3) is 0 Å². The summed E-state index contributed by atoms with van der Waals surface area (Å²) in [6, 6.07) is 11.7. The molecule has 2 aromatic rings. The van der Waals surface area contributed by atoms with Gasteiger partial charge in [-0.1, -0.05) is 24.3 Å². The van der Waals surface area contributed by atoms with Gasteiger partial charge in [-0.25, -0.2) is 4.98 Å². The van der Waals surface area contributed by atoms with Crippen molar-refractivity contribution in [1.82, 2.24) is 4.98 Å². The lowest BCUT2D eigenvalue weighted by atomic mass is 9.97. The smallest absolute Gasteiger partial charge is 0.227 e. The van der Waals surface area contributed by atoms with Gasteiger partial charge in [-0.2, -0.15) is 0 Å². The number of aliphatic hydroxyl groups excluding tert-OH is 1. The van der Waals surface area contributed by atoms with Gasteiger partial charge in [-0.05, 0) is 35.2 Å². The van der Waals surface area contributed by atoms with Gasteiger partial charge in [0.15, 0.2) is 0 Å². The number of nitrogens with two attached hydrogens (primary N) is 1. The van der Waals surface area contributed by atoms with E-state index in [2.05, 4.69) is 4.98 Å². The van der Waals surface area contributed by atoms with E-state index in [1.165, 1.54) is 0 Å². The van der Waals surface area contributed by atoms with E-state index < -0.39 is 17.9 Å². The van der Waals surface area contributed by atoms with Crippen molar-refractivity contribution >= 4 is 11.7 Å². The molecule has 0 bridgehead atoms. The van der Waals surface area contributed by atoms with Crippen LogP contribution in [0.5, 0.6) is 0 Å². The molecule has 1 aliphatic rings. The molecule has 22 heavy (non-hydrogen) atoms. The number of aromatic nitrogens is 1. The van der Waals surface area contributed by atoms with Crippen molar-refractivity contribution < 1.29 is 9.90 Å². The van der Waals surface area contributed by atoms with Crippen LogP contribution in [0.15, 0.2) is 42.6 Å². The molecule has 1 aromatic carbocycles. The Morgan fingerprint density at radius 2 is 2.23 bits per heavy atom. The molecule has 1 aliphatic carbocycles. The Balaban J connectivity index is 1.84. The van der Waals surface area contributed by atoms with Crippen LogP contribution in [-0.4, -0.2) is 29.1 Å². The molecule has 114 valence electrons.